The van der Waals surface area contributed by atoms with E-state index in [0.29, 0.717) is 23.9 Å². The predicted octanol–water partition coefficient (Wildman–Crippen LogP) is 1.63. The number of nitrogens with zero attached hydrogens (tertiary/aromatic N) is 3. The molecule has 5 aliphatic rings. The van der Waals surface area contributed by atoms with E-state index in [0.717, 1.165) is 19.4 Å². The van der Waals surface area contributed by atoms with Crippen molar-refractivity contribution in [3.8, 4) is 0 Å². The first-order valence-corrected chi connectivity index (χ1v) is 10.4. The van der Waals surface area contributed by atoms with Crippen LogP contribution in [0.1, 0.15) is 18.4 Å². The first-order chi connectivity index (χ1) is 12.5. The van der Waals surface area contributed by atoms with E-state index in [1.165, 1.54) is 5.56 Å². The summed E-state index contributed by atoms with van der Waals surface area (Å²) in [6, 6.07) is 10.2. The molecule has 0 unspecified atom stereocenters. The van der Waals surface area contributed by atoms with Crippen LogP contribution in [0.25, 0.3) is 0 Å². The second kappa shape index (κ2) is 5.30. The van der Waals surface area contributed by atoms with Crippen LogP contribution in [0, 0.1) is 5.92 Å². The second-order valence-electron chi connectivity index (χ2n) is 7.43. The molecule has 4 heterocycles. The lowest BCUT2D eigenvalue weighted by atomic mass is 9.69. The van der Waals surface area contributed by atoms with E-state index in [2.05, 4.69) is 16.5 Å². The molecule has 6 rings (SSSR count). The van der Waals surface area contributed by atoms with Crippen molar-refractivity contribution in [1.82, 2.24) is 9.80 Å². The van der Waals surface area contributed by atoms with Gasteiger partial charge in [-0.1, -0.05) is 30.3 Å². The molecule has 0 spiro atoms. The lowest BCUT2D eigenvalue weighted by Crippen LogP contribution is -2.46. The topological polar surface area (TPSA) is 70.0 Å². The Bertz CT molecular complexity index is 973. The van der Waals surface area contributed by atoms with Crippen molar-refractivity contribution in [1.29, 1.82) is 0 Å². The van der Waals surface area contributed by atoms with E-state index in [1.807, 2.05) is 23.1 Å². The molecule has 4 aliphatic heterocycles. The molecular formula is C19H19N3O3S. The van der Waals surface area contributed by atoms with Gasteiger partial charge in [0, 0.05) is 19.3 Å². The number of carbonyl (C=O) groups excluding carboxylic acids is 1. The zero-order valence-electron chi connectivity index (χ0n) is 14.2. The van der Waals surface area contributed by atoms with Crippen LogP contribution in [-0.4, -0.2) is 48.8 Å². The lowest BCUT2D eigenvalue weighted by molar-refractivity contribution is -0.130. The van der Waals surface area contributed by atoms with Crippen LogP contribution < -0.4 is 0 Å². The molecule has 0 aromatic heterocycles. The molecule has 1 aliphatic carbocycles. The minimum Gasteiger partial charge on any atom is -0.330 e. The summed E-state index contributed by atoms with van der Waals surface area (Å²) in [5.41, 5.74) is 1.61. The third-order valence-electron chi connectivity index (χ3n) is 5.84. The zero-order chi connectivity index (χ0) is 17.9. The van der Waals surface area contributed by atoms with Crippen LogP contribution in [0.3, 0.4) is 0 Å². The van der Waals surface area contributed by atoms with Gasteiger partial charge in [-0.3, -0.25) is 4.79 Å². The number of hydrogen-bond donors (Lipinski definition) is 0. The highest BCUT2D eigenvalue weighted by molar-refractivity contribution is 7.90. The summed E-state index contributed by atoms with van der Waals surface area (Å²) in [7, 11) is -3.38. The van der Waals surface area contributed by atoms with Gasteiger partial charge >= 0.3 is 0 Å². The molecule has 2 bridgehead atoms. The third kappa shape index (κ3) is 2.26. The van der Waals surface area contributed by atoms with Gasteiger partial charge < -0.3 is 9.80 Å². The monoisotopic (exact) mass is 369 g/mol. The number of fused-ring (bicyclic) bond motifs is 2. The highest BCUT2D eigenvalue weighted by Gasteiger charge is 2.58. The van der Waals surface area contributed by atoms with E-state index in [-0.39, 0.29) is 17.2 Å². The Morgan fingerprint density at radius 2 is 1.92 bits per heavy atom. The number of sulfonamides is 1. The summed E-state index contributed by atoms with van der Waals surface area (Å²) < 4.78 is 27.0. The number of amidine groups is 1. The maximum absolute atomic E-state index is 13.2. The van der Waals surface area contributed by atoms with Gasteiger partial charge in [0.25, 0.3) is 15.9 Å². The average molecular weight is 369 g/mol. The van der Waals surface area contributed by atoms with Gasteiger partial charge in [-0.2, -0.15) is 0 Å². The fourth-order valence-electron chi connectivity index (χ4n) is 4.58. The third-order valence-corrected chi connectivity index (χ3v) is 7.00. The van der Waals surface area contributed by atoms with Crippen molar-refractivity contribution >= 4 is 21.8 Å². The first-order valence-electron chi connectivity index (χ1n) is 8.84. The normalized spacial score (nSPS) is 31.0. The zero-order valence-corrected chi connectivity index (χ0v) is 15.0. The lowest BCUT2D eigenvalue weighted by Gasteiger charge is -2.43. The van der Waals surface area contributed by atoms with E-state index < -0.39 is 10.0 Å². The Kier molecular flexibility index (Phi) is 3.22. The molecule has 1 aromatic rings. The van der Waals surface area contributed by atoms with Crippen LogP contribution in [0.2, 0.25) is 0 Å². The predicted molar refractivity (Wildman–Crippen MR) is 97.7 cm³/mol. The molecule has 2 saturated heterocycles. The van der Waals surface area contributed by atoms with Gasteiger partial charge in [-0.15, -0.1) is 4.40 Å². The molecule has 134 valence electrons. The molecule has 1 amide bonds. The van der Waals surface area contributed by atoms with Crippen LogP contribution >= 0.6 is 0 Å². The fourth-order valence-corrected chi connectivity index (χ4v) is 5.55. The Morgan fingerprint density at radius 1 is 1.15 bits per heavy atom. The minimum atomic E-state index is -3.38. The number of rotatable bonds is 2. The molecule has 1 aromatic carbocycles. The molecule has 6 nitrogen and oxygen atoms in total. The number of carbonyl (C=O) groups is 1. The van der Waals surface area contributed by atoms with E-state index in [1.54, 1.807) is 23.3 Å². The van der Waals surface area contributed by atoms with Gasteiger partial charge in [-0.25, -0.2) is 8.42 Å². The Balaban J connectivity index is 1.45. The van der Waals surface area contributed by atoms with E-state index >= 15 is 0 Å². The van der Waals surface area contributed by atoms with Crippen molar-refractivity contribution in [3.05, 3.63) is 59.8 Å². The van der Waals surface area contributed by atoms with Gasteiger partial charge in [0.2, 0.25) is 0 Å². The minimum absolute atomic E-state index is 0.0117. The molecular weight excluding hydrogens is 350 g/mol. The van der Waals surface area contributed by atoms with Crippen molar-refractivity contribution in [2.75, 3.05) is 18.8 Å². The van der Waals surface area contributed by atoms with Crippen LogP contribution in [0.15, 0.2) is 58.7 Å². The highest BCUT2D eigenvalue weighted by Crippen LogP contribution is 2.57. The molecule has 7 heteroatoms. The van der Waals surface area contributed by atoms with Crippen molar-refractivity contribution in [3.63, 3.8) is 0 Å². The van der Waals surface area contributed by atoms with Crippen LogP contribution in [0.4, 0.5) is 0 Å². The number of hydrogen-bond acceptors (Lipinski definition) is 4. The number of amides is 1. The largest absolute Gasteiger partial charge is 0.330 e. The molecule has 3 fully saturated rings. The Morgan fingerprint density at radius 3 is 2.69 bits per heavy atom. The van der Waals surface area contributed by atoms with Gasteiger partial charge in [0.05, 0.1) is 16.9 Å². The average Bonchev–Trinajstić information content (AvgIpc) is 3.17. The van der Waals surface area contributed by atoms with Crippen molar-refractivity contribution in [2.24, 2.45) is 10.3 Å². The molecule has 1 saturated carbocycles. The maximum Gasteiger partial charge on any atom is 0.256 e. The van der Waals surface area contributed by atoms with Crippen LogP contribution in [0.5, 0.6) is 0 Å². The van der Waals surface area contributed by atoms with E-state index in [9.17, 15) is 13.2 Å². The van der Waals surface area contributed by atoms with Gasteiger partial charge in [0.1, 0.15) is 5.84 Å². The highest BCUT2D eigenvalue weighted by atomic mass is 32.2. The van der Waals surface area contributed by atoms with Crippen molar-refractivity contribution in [2.45, 2.75) is 18.4 Å². The summed E-state index contributed by atoms with van der Waals surface area (Å²) in [6.07, 6.45) is 7.10. The second-order valence-corrected chi connectivity index (χ2v) is 9.19. The smallest absolute Gasteiger partial charge is 0.256 e. The molecule has 0 N–H and O–H groups in total. The summed E-state index contributed by atoms with van der Waals surface area (Å²) in [4.78, 5) is 17.0. The SMILES string of the molecule is O=C(C1=CN2CCS(=O)(=O)N=C2C=C1)N1CC2CC1(c1ccccc1)C2. The standard InChI is InChI=1S/C19H19N3O3S/c23-18(15-6-7-17-20-26(24,25)9-8-21(17)13-15)22-12-14-10-19(22,11-14)16-4-2-1-3-5-16/h1-7,13-14H,8-12H2. The molecule has 0 radical (unpaired) electrons. The quantitative estimate of drug-likeness (QED) is 0.795. The summed E-state index contributed by atoms with van der Waals surface area (Å²) in [5.74, 6) is 0.945. The summed E-state index contributed by atoms with van der Waals surface area (Å²) in [5, 5.41) is 0. The van der Waals surface area contributed by atoms with Gasteiger partial charge in [0.15, 0.2) is 0 Å². The summed E-state index contributed by atoms with van der Waals surface area (Å²) >= 11 is 0. The van der Waals surface area contributed by atoms with Crippen LogP contribution in [-0.2, 0) is 20.4 Å². The van der Waals surface area contributed by atoms with Gasteiger partial charge in [-0.05, 0) is 36.5 Å². The first kappa shape index (κ1) is 15.8. The number of benzene rings is 1. The Labute approximate surface area is 152 Å². The maximum atomic E-state index is 13.2. The fraction of sp³-hybridized carbons (Fsp3) is 0.368. The summed E-state index contributed by atoms with van der Waals surface area (Å²) in [6.45, 7) is 1.11. The molecule has 0 atom stereocenters. The van der Waals surface area contributed by atoms with Crippen molar-refractivity contribution < 1.29 is 13.2 Å². The Hall–Kier alpha value is -2.41. The van der Waals surface area contributed by atoms with E-state index in [4.69, 9.17) is 0 Å². The molecule has 26 heavy (non-hydrogen) atoms.